The van der Waals surface area contributed by atoms with E-state index in [9.17, 15) is 5.11 Å². The monoisotopic (exact) mass is 357 g/mol. The molecule has 3 atom stereocenters. The molecule has 0 unspecified atom stereocenters. The number of morpholine rings is 1. The molecule has 26 heavy (non-hydrogen) atoms. The van der Waals surface area contributed by atoms with E-state index in [1.807, 2.05) is 32.2 Å². The Hall–Kier alpha value is -1.89. The fourth-order valence-corrected chi connectivity index (χ4v) is 4.35. The lowest BCUT2D eigenvalue weighted by Crippen LogP contribution is -2.46. The maximum Gasteiger partial charge on any atom is 0.140 e. The molecule has 0 amide bonds. The third-order valence-electron chi connectivity index (χ3n) is 5.73. The number of aliphatic hydroxyl groups excluding tert-OH is 1. The van der Waals surface area contributed by atoms with E-state index in [2.05, 4.69) is 20.6 Å². The fraction of sp³-hybridized carbons (Fsp3) is 0.550. The molecule has 0 radical (unpaired) electrons. The molecular formula is C20H27N3O3. The molecular weight excluding hydrogens is 330 g/mol. The first-order valence-corrected chi connectivity index (χ1v) is 9.36. The molecule has 2 fully saturated rings. The highest BCUT2D eigenvalue weighted by molar-refractivity contribution is 5.61. The van der Waals surface area contributed by atoms with Gasteiger partial charge in [0, 0.05) is 49.7 Å². The third kappa shape index (κ3) is 3.13. The second-order valence-electron chi connectivity index (χ2n) is 7.58. The van der Waals surface area contributed by atoms with Crippen LogP contribution in [0.25, 0.3) is 11.4 Å². The van der Waals surface area contributed by atoms with Gasteiger partial charge in [-0.1, -0.05) is 0 Å². The van der Waals surface area contributed by atoms with Gasteiger partial charge in [0.15, 0.2) is 0 Å². The first kappa shape index (κ1) is 17.5. The van der Waals surface area contributed by atoms with E-state index in [1.54, 1.807) is 0 Å². The lowest BCUT2D eigenvalue weighted by atomic mass is 10.0. The van der Waals surface area contributed by atoms with Gasteiger partial charge in [0.1, 0.15) is 11.6 Å². The van der Waals surface area contributed by atoms with Crippen molar-refractivity contribution >= 4 is 0 Å². The molecule has 6 nitrogen and oxygen atoms in total. The number of aliphatic hydroxyl groups is 1. The van der Waals surface area contributed by atoms with Crippen LogP contribution < -0.4 is 0 Å². The highest BCUT2D eigenvalue weighted by Gasteiger charge is 2.38. The number of nitrogens with zero attached hydrogens (tertiary/aromatic N) is 3. The largest absolute Gasteiger partial charge is 0.507 e. The zero-order chi connectivity index (χ0) is 18.3. The summed E-state index contributed by atoms with van der Waals surface area (Å²) >= 11 is 0. The number of ether oxygens (including phenoxy) is 1. The first-order valence-electron chi connectivity index (χ1n) is 9.36. The number of aryl methyl sites for hydroxylation is 2. The first-order chi connectivity index (χ1) is 12.6. The molecule has 1 aromatic heterocycles. The molecule has 2 N–H and O–H groups in total. The molecule has 4 rings (SSSR count). The number of phenolic OH excluding ortho intramolecular Hbond substituents is 1. The van der Waals surface area contributed by atoms with Gasteiger partial charge in [-0.2, -0.15) is 0 Å². The molecule has 6 heteroatoms. The van der Waals surface area contributed by atoms with Crippen molar-refractivity contribution in [2.45, 2.75) is 44.9 Å². The Morgan fingerprint density at radius 2 is 1.96 bits per heavy atom. The van der Waals surface area contributed by atoms with Gasteiger partial charge in [-0.15, -0.1) is 0 Å². The highest BCUT2D eigenvalue weighted by atomic mass is 16.5. The van der Waals surface area contributed by atoms with Gasteiger partial charge in [0.2, 0.25) is 0 Å². The fourth-order valence-electron chi connectivity index (χ4n) is 4.35. The van der Waals surface area contributed by atoms with Gasteiger partial charge in [-0.25, -0.2) is 4.98 Å². The van der Waals surface area contributed by atoms with Crippen molar-refractivity contribution in [3.63, 3.8) is 0 Å². The minimum atomic E-state index is 0.139. The standard InChI is InChI=1S/C20H27N3O3/c1-13-7-15(8-14(2)19(13)25)20-21-4-5-23(20)16-9-17-12-26-18(3-6-24)11-22(17)10-16/h4-5,7-8,16-18,24-25H,3,6,9-12H2,1-2H3/t16-,17-,18-/m0/s1. The number of fused-ring (bicyclic) bond motifs is 1. The lowest BCUT2D eigenvalue weighted by molar-refractivity contribution is -0.0567. The number of aromatic nitrogens is 2. The molecule has 1 aromatic carbocycles. The molecule has 2 saturated heterocycles. The Balaban J connectivity index is 1.57. The molecule has 2 aliphatic heterocycles. The normalized spacial score (nSPS) is 26.2. The Kier molecular flexibility index (Phi) is 4.73. The van der Waals surface area contributed by atoms with Crippen molar-refractivity contribution in [3.8, 4) is 17.1 Å². The van der Waals surface area contributed by atoms with Crippen LogP contribution in [0.15, 0.2) is 24.5 Å². The van der Waals surface area contributed by atoms with Crippen LogP contribution in [0.4, 0.5) is 0 Å². The zero-order valence-electron chi connectivity index (χ0n) is 15.4. The van der Waals surface area contributed by atoms with E-state index in [0.29, 0.717) is 24.3 Å². The summed E-state index contributed by atoms with van der Waals surface area (Å²) in [7, 11) is 0. The highest BCUT2D eigenvalue weighted by Crippen LogP contribution is 2.35. The van der Waals surface area contributed by atoms with Gasteiger partial charge in [0.05, 0.1) is 12.7 Å². The summed E-state index contributed by atoms with van der Waals surface area (Å²) in [6.45, 7) is 6.64. The van der Waals surface area contributed by atoms with E-state index < -0.39 is 0 Å². The molecule has 0 saturated carbocycles. The summed E-state index contributed by atoms with van der Waals surface area (Å²) in [4.78, 5) is 7.09. The number of hydrogen-bond donors (Lipinski definition) is 2. The van der Waals surface area contributed by atoms with Crippen LogP contribution in [0.2, 0.25) is 0 Å². The number of imidazole rings is 1. The number of benzene rings is 1. The summed E-state index contributed by atoms with van der Waals surface area (Å²) in [5.74, 6) is 1.31. The smallest absolute Gasteiger partial charge is 0.140 e. The van der Waals surface area contributed by atoms with Crippen molar-refractivity contribution in [1.29, 1.82) is 0 Å². The van der Waals surface area contributed by atoms with Crippen molar-refractivity contribution in [1.82, 2.24) is 14.5 Å². The van der Waals surface area contributed by atoms with Crippen molar-refractivity contribution in [3.05, 3.63) is 35.7 Å². The van der Waals surface area contributed by atoms with Crippen molar-refractivity contribution in [2.24, 2.45) is 0 Å². The average molecular weight is 357 g/mol. The van der Waals surface area contributed by atoms with Crippen LogP contribution in [0, 0.1) is 13.8 Å². The maximum atomic E-state index is 10.1. The minimum absolute atomic E-state index is 0.139. The number of hydrogen-bond acceptors (Lipinski definition) is 5. The van der Waals surface area contributed by atoms with E-state index in [-0.39, 0.29) is 12.7 Å². The third-order valence-corrected chi connectivity index (χ3v) is 5.73. The molecule has 0 bridgehead atoms. The van der Waals surface area contributed by atoms with Crippen LogP contribution in [-0.4, -0.2) is 63.1 Å². The maximum absolute atomic E-state index is 10.1. The predicted octanol–water partition coefficient (Wildman–Crippen LogP) is 2.27. The molecule has 3 heterocycles. The molecule has 140 valence electrons. The topological polar surface area (TPSA) is 70.8 Å². The summed E-state index contributed by atoms with van der Waals surface area (Å²) in [5.41, 5.74) is 2.79. The van der Waals surface area contributed by atoms with Gasteiger partial charge >= 0.3 is 0 Å². The van der Waals surface area contributed by atoms with E-state index >= 15 is 0 Å². The van der Waals surface area contributed by atoms with Crippen LogP contribution in [0.3, 0.4) is 0 Å². The minimum Gasteiger partial charge on any atom is -0.507 e. The second-order valence-corrected chi connectivity index (χ2v) is 7.58. The Bertz CT molecular complexity index is 765. The SMILES string of the molecule is Cc1cc(-c2nccn2[C@H]2C[C@H]3CO[C@@H](CCO)CN3C2)cc(C)c1O. The zero-order valence-corrected chi connectivity index (χ0v) is 15.4. The molecule has 0 spiro atoms. The van der Waals surface area contributed by atoms with Crippen LogP contribution in [0.5, 0.6) is 5.75 Å². The molecule has 2 aliphatic rings. The summed E-state index contributed by atoms with van der Waals surface area (Å²) in [5, 5.41) is 19.2. The second kappa shape index (κ2) is 7.02. The number of aromatic hydroxyl groups is 1. The lowest BCUT2D eigenvalue weighted by Gasteiger charge is -2.34. The van der Waals surface area contributed by atoms with E-state index in [4.69, 9.17) is 9.84 Å². The van der Waals surface area contributed by atoms with Crippen molar-refractivity contribution < 1.29 is 14.9 Å². The van der Waals surface area contributed by atoms with Crippen LogP contribution in [-0.2, 0) is 4.74 Å². The number of rotatable bonds is 4. The van der Waals surface area contributed by atoms with E-state index in [0.717, 1.165) is 48.6 Å². The van der Waals surface area contributed by atoms with Gasteiger partial charge in [-0.05, 0) is 49.9 Å². The van der Waals surface area contributed by atoms with Crippen LogP contribution >= 0.6 is 0 Å². The van der Waals surface area contributed by atoms with Crippen molar-refractivity contribution in [2.75, 3.05) is 26.3 Å². The Morgan fingerprint density at radius 3 is 2.69 bits per heavy atom. The Morgan fingerprint density at radius 1 is 1.19 bits per heavy atom. The summed E-state index contributed by atoms with van der Waals surface area (Å²) < 4.78 is 8.17. The summed E-state index contributed by atoms with van der Waals surface area (Å²) in [6, 6.07) is 4.81. The number of phenols is 1. The Labute approximate surface area is 154 Å². The summed E-state index contributed by atoms with van der Waals surface area (Å²) in [6.07, 6.45) is 5.80. The van der Waals surface area contributed by atoms with Gasteiger partial charge in [0.25, 0.3) is 0 Å². The van der Waals surface area contributed by atoms with Crippen LogP contribution in [0.1, 0.15) is 30.0 Å². The van der Waals surface area contributed by atoms with Gasteiger partial charge in [-0.3, -0.25) is 4.90 Å². The van der Waals surface area contributed by atoms with E-state index in [1.165, 1.54) is 0 Å². The molecule has 2 aromatic rings. The van der Waals surface area contributed by atoms with Gasteiger partial charge < -0.3 is 19.5 Å². The predicted molar refractivity (Wildman–Crippen MR) is 99.3 cm³/mol. The average Bonchev–Trinajstić information content (AvgIpc) is 3.25. The quantitative estimate of drug-likeness (QED) is 0.878. The molecule has 0 aliphatic carbocycles.